The van der Waals surface area contributed by atoms with Gasteiger partial charge in [-0.25, -0.2) is 0 Å². The van der Waals surface area contributed by atoms with E-state index in [9.17, 15) is 4.79 Å². The fraction of sp³-hybridized carbons (Fsp3) is 0.526. The number of amides is 1. The normalized spacial score (nSPS) is 17.7. The molecular formula is C19H26N2O2. The minimum atomic E-state index is 0.100. The average molecular weight is 314 g/mol. The van der Waals surface area contributed by atoms with Gasteiger partial charge in [-0.15, -0.1) is 0 Å². The number of hydrogen-bond acceptors (Lipinski definition) is 2. The molecule has 1 fully saturated rings. The van der Waals surface area contributed by atoms with Gasteiger partial charge in [-0.1, -0.05) is 0 Å². The van der Waals surface area contributed by atoms with E-state index in [-0.39, 0.29) is 5.91 Å². The SMILES string of the molecule is CCn1ccc2cc(C(=O)N(C)CCCC3CCCO3)ccc21. The summed E-state index contributed by atoms with van der Waals surface area (Å²) in [6, 6.07) is 8.06. The van der Waals surface area contributed by atoms with Gasteiger partial charge in [0.1, 0.15) is 0 Å². The zero-order valence-corrected chi connectivity index (χ0v) is 14.1. The fourth-order valence-corrected chi connectivity index (χ4v) is 3.36. The standard InChI is InChI=1S/C19H26N2O2/c1-3-21-12-10-15-14-16(8-9-18(15)21)19(22)20(2)11-4-6-17-7-5-13-23-17/h8-10,12,14,17H,3-7,11,13H2,1-2H3. The molecule has 1 amide bonds. The van der Waals surface area contributed by atoms with Gasteiger partial charge in [-0.2, -0.15) is 0 Å². The third-order valence-corrected chi connectivity index (χ3v) is 4.75. The minimum Gasteiger partial charge on any atom is -0.378 e. The molecule has 0 aliphatic carbocycles. The lowest BCUT2D eigenvalue weighted by molar-refractivity contribution is 0.0763. The van der Waals surface area contributed by atoms with Crippen molar-refractivity contribution in [1.29, 1.82) is 0 Å². The lowest BCUT2D eigenvalue weighted by Gasteiger charge is -2.18. The molecule has 1 aliphatic heterocycles. The van der Waals surface area contributed by atoms with Crippen LogP contribution in [0.5, 0.6) is 0 Å². The van der Waals surface area contributed by atoms with Crippen LogP contribution in [0, 0.1) is 0 Å². The van der Waals surface area contributed by atoms with E-state index in [1.54, 1.807) is 0 Å². The van der Waals surface area contributed by atoms with Crippen LogP contribution in [0.4, 0.5) is 0 Å². The summed E-state index contributed by atoms with van der Waals surface area (Å²) in [5, 5.41) is 1.13. The second-order valence-corrected chi connectivity index (χ2v) is 6.38. The van der Waals surface area contributed by atoms with Gasteiger partial charge >= 0.3 is 0 Å². The molecule has 1 aromatic heterocycles. The van der Waals surface area contributed by atoms with Crippen LogP contribution >= 0.6 is 0 Å². The molecule has 0 radical (unpaired) electrons. The van der Waals surface area contributed by atoms with Crippen LogP contribution in [0.15, 0.2) is 30.5 Å². The van der Waals surface area contributed by atoms with Gasteiger partial charge in [0.05, 0.1) is 6.10 Å². The first-order valence-corrected chi connectivity index (χ1v) is 8.65. The molecule has 0 saturated carbocycles. The van der Waals surface area contributed by atoms with Crippen LogP contribution in [-0.2, 0) is 11.3 Å². The summed E-state index contributed by atoms with van der Waals surface area (Å²) in [6.07, 6.45) is 6.88. The summed E-state index contributed by atoms with van der Waals surface area (Å²) < 4.78 is 7.82. The largest absolute Gasteiger partial charge is 0.378 e. The Labute approximate surface area is 138 Å². The first-order chi connectivity index (χ1) is 11.2. The molecule has 2 heterocycles. The van der Waals surface area contributed by atoms with Gasteiger partial charge in [0.2, 0.25) is 0 Å². The predicted molar refractivity (Wildman–Crippen MR) is 92.8 cm³/mol. The minimum absolute atomic E-state index is 0.100. The van der Waals surface area contributed by atoms with Gasteiger partial charge in [0.15, 0.2) is 0 Å². The molecule has 1 atom stereocenters. The summed E-state index contributed by atoms with van der Waals surface area (Å²) in [5.74, 6) is 0.100. The van der Waals surface area contributed by atoms with Crippen LogP contribution in [-0.4, -0.2) is 41.7 Å². The smallest absolute Gasteiger partial charge is 0.253 e. The number of carbonyl (C=O) groups excluding carboxylic acids is 1. The summed E-state index contributed by atoms with van der Waals surface area (Å²) in [5.41, 5.74) is 1.95. The van der Waals surface area contributed by atoms with Gasteiger partial charge in [-0.3, -0.25) is 4.79 Å². The van der Waals surface area contributed by atoms with Crippen molar-refractivity contribution in [2.45, 2.75) is 45.3 Å². The number of rotatable bonds is 6. The Morgan fingerprint density at radius 1 is 1.39 bits per heavy atom. The van der Waals surface area contributed by atoms with Crippen LogP contribution in [0.25, 0.3) is 10.9 Å². The Bertz CT molecular complexity index is 671. The molecule has 1 aliphatic rings. The third-order valence-electron chi connectivity index (χ3n) is 4.75. The Kier molecular flexibility index (Phi) is 5.01. The first kappa shape index (κ1) is 16.1. The van der Waals surface area contributed by atoms with Crippen molar-refractivity contribution in [3.05, 3.63) is 36.0 Å². The number of aromatic nitrogens is 1. The topological polar surface area (TPSA) is 34.5 Å². The number of carbonyl (C=O) groups is 1. The van der Waals surface area contributed by atoms with Crippen LogP contribution in [0.1, 0.15) is 43.0 Å². The van der Waals surface area contributed by atoms with Crippen LogP contribution < -0.4 is 0 Å². The number of ether oxygens (including phenoxy) is 1. The highest BCUT2D eigenvalue weighted by molar-refractivity contribution is 5.98. The zero-order valence-electron chi connectivity index (χ0n) is 14.1. The highest BCUT2D eigenvalue weighted by Gasteiger charge is 2.17. The van der Waals surface area contributed by atoms with Gasteiger partial charge in [-0.05, 0) is 56.9 Å². The lowest BCUT2D eigenvalue weighted by atomic mass is 10.1. The zero-order chi connectivity index (χ0) is 16.2. The Balaban J connectivity index is 1.59. The van der Waals surface area contributed by atoms with Gasteiger partial charge in [0, 0.05) is 49.4 Å². The third kappa shape index (κ3) is 3.58. The van der Waals surface area contributed by atoms with Crippen LogP contribution in [0.3, 0.4) is 0 Å². The van der Waals surface area contributed by atoms with E-state index >= 15 is 0 Å². The molecule has 1 saturated heterocycles. The van der Waals surface area contributed by atoms with Crippen molar-refractivity contribution < 1.29 is 9.53 Å². The quantitative estimate of drug-likeness (QED) is 0.815. The van der Waals surface area contributed by atoms with Gasteiger partial charge < -0.3 is 14.2 Å². The Hall–Kier alpha value is -1.81. The summed E-state index contributed by atoms with van der Waals surface area (Å²) in [4.78, 5) is 14.4. The molecule has 0 spiro atoms. The average Bonchev–Trinajstić information content (AvgIpc) is 3.22. The van der Waals surface area contributed by atoms with Crippen molar-refractivity contribution >= 4 is 16.8 Å². The van der Waals surface area contributed by atoms with E-state index in [2.05, 4.69) is 23.8 Å². The number of aryl methyl sites for hydroxylation is 1. The molecule has 124 valence electrons. The van der Waals surface area contributed by atoms with Crippen LogP contribution in [0.2, 0.25) is 0 Å². The number of nitrogens with zero attached hydrogens (tertiary/aromatic N) is 2. The maximum atomic E-state index is 12.6. The Morgan fingerprint density at radius 2 is 2.26 bits per heavy atom. The number of fused-ring (bicyclic) bond motifs is 1. The predicted octanol–water partition coefficient (Wildman–Crippen LogP) is 3.69. The van der Waals surface area contributed by atoms with E-state index in [1.165, 1.54) is 18.4 Å². The van der Waals surface area contributed by atoms with Crippen molar-refractivity contribution in [2.24, 2.45) is 0 Å². The molecule has 4 nitrogen and oxygen atoms in total. The lowest BCUT2D eigenvalue weighted by Crippen LogP contribution is -2.28. The fourth-order valence-electron chi connectivity index (χ4n) is 3.36. The summed E-state index contributed by atoms with van der Waals surface area (Å²) >= 11 is 0. The monoisotopic (exact) mass is 314 g/mol. The molecule has 1 unspecified atom stereocenters. The van der Waals surface area contributed by atoms with E-state index in [0.717, 1.165) is 43.5 Å². The second kappa shape index (κ2) is 7.18. The molecule has 2 aromatic rings. The maximum absolute atomic E-state index is 12.6. The van der Waals surface area contributed by atoms with Crippen molar-refractivity contribution in [3.63, 3.8) is 0 Å². The molecule has 4 heteroatoms. The molecule has 0 N–H and O–H groups in total. The molecule has 0 bridgehead atoms. The molecular weight excluding hydrogens is 288 g/mol. The number of hydrogen-bond donors (Lipinski definition) is 0. The van der Waals surface area contributed by atoms with E-state index < -0.39 is 0 Å². The number of benzene rings is 1. The summed E-state index contributed by atoms with van der Waals surface area (Å²) in [6.45, 7) is 4.75. The van der Waals surface area contributed by atoms with Gasteiger partial charge in [0.25, 0.3) is 5.91 Å². The van der Waals surface area contributed by atoms with Crippen molar-refractivity contribution in [3.8, 4) is 0 Å². The second-order valence-electron chi connectivity index (χ2n) is 6.38. The van der Waals surface area contributed by atoms with E-state index in [1.807, 2.05) is 30.1 Å². The first-order valence-electron chi connectivity index (χ1n) is 8.65. The van der Waals surface area contributed by atoms with Crippen molar-refractivity contribution in [1.82, 2.24) is 9.47 Å². The molecule has 3 rings (SSSR count). The van der Waals surface area contributed by atoms with E-state index in [0.29, 0.717) is 6.10 Å². The summed E-state index contributed by atoms with van der Waals surface area (Å²) in [7, 11) is 1.89. The Morgan fingerprint density at radius 3 is 3.00 bits per heavy atom. The highest BCUT2D eigenvalue weighted by Crippen LogP contribution is 2.20. The highest BCUT2D eigenvalue weighted by atomic mass is 16.5. The molecule has 23 heavy (non-hydrogen) atoms. The molecule has 1 aromatic carbocycles. The maximum Gasteiger partial charge on any atom is 0.253 e. The van der Waals surface area contributed by atoms with E-state index in [4.69, 9.17) is 4.74 Å². The van der Waals surface area contributed by atoms with Crippen molar-refractivity contribution in [2.75, 3.05) is 20.2 Å².